The van der Waals surface area contributed by atoms with Crippen LogP contribution >= 0.6 is 11.6 Å². The molecule has 1 saturated heterocycles. The molecule has 7 heteroatoms. The second-order valence-corrected chi connectivity index (χ2v) is 7.30. The fraction of sp³-hybridized carbons (Fsp3) is 0.526. The van der Waals surface area contributed by atoms with E-state index in [0.717, 1.165) is 36.1 Å². The number of rotatable bonds is 9. The average Bonchev–Trinajstić information content (AvgIpc) is 2.82. The van der Waals surface area contributed by atoms with Crippen molar-refractivity contribution < 1.29 is 14.4 Å². The summed E-state index contributed by atoms with van der Waals surface area (Å²) in [5.41, 5.74) is -0.0258. The predicted molar refractivity (Wildman–Crippen MR) is 101 cm³/mol. The molecule has 1 aromatic carbocycles. The maximum absolute atomic E-state index is 12.6. The van der Waals surface area contributed by atoms with Gasteiger partial charge in [-0.25, -0.2) is 4.79 Å². The number of unbranched alkanes of at least 4 members (excludes halogenated alkanes) is 3. The first-order valence-corrected chi connectivity index (χ1v) is 9.39. The largest absolute Gasteiger partial charge is 0.350 e. The summed E-state index contributed by atoms with van der Waals surface area (Å²) in [4.78, 5) is 37.9. The summed E-state index contributed by atoms with van der Waals surface area (Å²) in [5.74, 6) is -0.709. The monoisotopic (exact) mass is 379 g/mol. The van der Waals surface area contributed by atoms with Gasteiger partial charge in [0.05, 0.1) is 0 Å². The molecule has 0 saturated carbocycles. The molecule has 2 N–H and O–H groups in total. The van der Waals surface area contributed by atoms with Crippen LogP contribution in [0.3, 0.4) is 0 Å². The number of benzene rings is 1. The molecular formula is C19H26ClN3O3. The van der Waals surface area contributed by atoms with Crippen LogP contribution in [0.2, 0.25) is 5.02 Å². The van der Waals surface area contributed by atoms with Crippen LogP contribution in [-0.2, 0) is 16.1 Å². The molecule has 0 bridgehead atoms. The van der Waals surface area contributed by atoms with Crippen molar-refractivity contribution in [1.29, 1.82) is 0 Å². The number of halogens is 1. The number of urea groups is 1. The van der Waals surface area contributed by atoms with E-state index in [2.05, 4.69) is 17.6 Å². The van der Waals surface area contributed by atoms with Crippen LogP contribution in [0.4, 0.5) is 4.79 Å². The molecule has 0 unspecified atom stereocenters. The molecule has 142 valence electrons. The van der Waals surface area contributed by atoms with Crippen LogP contribution in [0, 0.1) is 0 Å². The van der Waals surface area contributed by atoms with Crippen LogP contribution in [0.15, 0.2) is 24.3 Å². The third-order valence-corrected chi connectivity index (χ3v) is 4.83. The lowest BCUT2D eigenvalue weighted by molar-refractivity contribution is -0.134. The van der Waals surface area contributed by atoms with Crippen molar-refractivity contribution in [2.75, 3.05) is 6.54 Å². The molecule has 26 heavy (non-hydrogen) atoms. The summed E-state index contributed by atoms with van der Waals surface area (Å²) >= 11 is 5.82. The van der Waals surface area contributed by atoms with Crippen molar-refractivity contribution >= 4 is 29.4 Å². The molecule has 1 aliphatic rings. The lowest BCUT2D eigenvalue weighted by atomic mass is 9.94. The third kappa shape index (κ3) is 5.21. The second kappa shape index (κ2) is 9.03. The zero-order valence-electron chi connectivity index (χ0n) is 15.3. The standard InChI is InChI=1S/C19H26ClN3O3/c1-3-4-5-6-11-19(2)17(25)23(18(26)22-19)13-16(24)21-12-14-7-9-15(20)10-8-14/h7-10H,3-6,11-13H2,1-2H3,(H,21,24)(H,22,26)/t19-/m0/s1. The van der Waals surface area contributed by atoms with Gasteiger partial charge < -0.3 is 10.6 Å². The number of imide groups is 1. The lowest BCUT2D eigenvalue weighted by Crippen LogP contribution is -2.45. The minimum atomic E-state index is -0.915. The van der Waals surface area contributed by atoms with E-state index in [1.807, 2.05) is 12.1 Å². The van der Waals surface area contributed by atoms with E-state index in [1.54, 1.807) is 19.1 Å². The molecule has 0 spiro atoms. The SMILES string of the molecule is CCCCCC[C@]1(C)NC(=O)N(CC(=O)NCc2ccc(Cl)cc2)C1=O. The first-order valence-electron chi connectivity index (χ1n) is 9.01. The van der Waals surface area contributed by atoms with Gasteiger partial charge in [-0.2, -0.15) is 0 Å². The quantitative estimate of drug-likeness (QED) is 0.510. The van der Waals surface area contributed by atoms with Crippen molar-refractivity contribution in [3.63, 3.8) is 0 Å². The van der Waals surface area contributed by atoms with Gasteiger partial charge in [-0.15, -0.1) is 0 Å². The Kier molecular flexibility index (Phi) is 7.03. The van der Waals surface area contributed by atoms with Crippen molar-refractivity contribution in [2.45, 2.75) is 58.0 Å². The zero-order valence-corrected chi connectivity index (χ0v) is 16.1. The number of carbonyl (C=O) groups is 3. The minimum Gasteiger partial charge on any atom is -0.350 e. The third-order valence-electron chi connectivity index (χ3n) is 4.58. The minimum absolute atomic E-state index is 0.275. The number of hydrogen-bond donors (Lipinski definition) is 2. The Bertz CT molecular complexity index is 662. The molecule has 1 fully saturated rings. The molecule has 0 radical (unpaired) electrons. The smallest absolute Gasteiger partial charge is 0.325 e. The maximum Gasteiger partial charge on any atom is 0.325 e. The van der Waals surface area contributed by atoms with E-state index in [4.69, 9.17) is 11.6 Å². The summed E-state index contributed by atoms with van der Waals surface area (Å²) in [5, 5.41) is 6.08. The van der Waals surface area contributed by atoms with Gasteiger partial charge in [0.1, 0.15) is 12.1 Å². The van der Waals surface area contributed by atoms with Crippen LogP contribution in [0.25, 0.3) is 0 Å². The van der Waals surface area contributed by atoms with Crippen molar-refractivity contribution in [1.82, 2.24) is 15.5 Å². The number of nitrogens with zero attached hydrogens (tertiary/aromatic N) is 1. The van der Waals surface area contributed by atoms with E-state index in [-0.39, 0.29) is 18.4 Å². The average molecular weight is 380 g/mol. The Labute approximate surface area is 159 Å². The van der Waals surface area contributed by atoms with Crippen molar-refractivity contribution in [3.8, 4) is 0 Å². The van der Waals surface area contributed by atoms with Gasteiger partial charge >= 0.3 is 6.03 Å². The molecular weight excluding hydrogens is 354 g/mol. The van der Waals surface area contributed by atoms with Crippen LogP contribution < -0.4 is 10.6 Å². The van der Waals surface area contributed by atoms with Gasteiger partial charge in [0.15, 0.2) is 0 Å². The van der Waals surface area contributed by atoms with Crippen LogP contribution in [0.1, 0.15) is 51.5 Å². The lowest BCUT2D eigenvalue weighted by Gasteiger charge is -2.21. The topological polar surface area (TPSA) is 78.5 Å². The van der Waals surface area contributed by atoms with Gasteiger partial charge in [-0.3, -0.25) is 14.5 Å². The van der Waals surface area contributed by atoms with Gasteiger partial charge in [0, 0.05) is 11.6 Å². The predicted octanol–water partition coefficient (Wildman–Crippen LogP) is 3.24. The van der Waals surface area contributed by atoms with E-state index in [1.165, 1.54) is 0 Å². The summed E-state index contributed by atoms with van der Waals surface area (Å²) < 4.78 is 0. The second-order valence-electron chi connectivity index (χ2n) is 6.87. The highest BCUT2D eigenvalue weighted by molar-refractivity contribution is 6.30. The highest BCUT2D eigenvalue weighted by atomic mass is 35.5. The summed E-state index contributed by atoms with van der Waals surface area (Å²) in [6.45, 7) is 3.89. The molecule has 1 aromatic rings. The fourth-order valence-electron chi connectivity index (χ4n) is 2.97. The normalized spacial score (nSPS) is 19.6. The summed E-state index contributed by atoms with van der Waals surface area (Å²) in [6.07, 6.45) is 4.69. The first kappa shape index (κ1) is 20.2. The number of nitrogens with one attached hydrogen (secondary N) is 2. The molecule has 1 atom stereocenters. The van der Waals surface area contributed by atoms with Gasteiger partial charge in [-0.05, 0) is 31.0 Å². The molecule has 2 rings (SSSR count). The first-order chi connectivity index (χ1) is 12.4. The Morgan fingerprint density at radius 1 is 1.19 bits per heavy atom. The Morgan fingerprint density at radius 2 is 1.88 bits per heavy atom. The molecule has 0 aliphatic carbocycles. The summed E-state index contributed by atoms with van der Waals surface area (Å²) in [6, 6.07) is 6.59. The molecule has 6 nitrogen and oxygen atoms in total. The van der Waals surface area contributed by atoms with E-state index >= 15 is 0 Å². The van der Waals surface area contributed by atoms with Crippen LogP contribution in [0.5, 0.6) is 0 Å². The van der Waals surface area contributed by atoms with Gasteiger partial charge in [0.2, 0.25) is 5.91 Å². The highest BCUT2D eigenvalue weighted by Gasteiger charge is 2.47. The van der Waals surface area contributed by atoms with Gasteiger partial charge in [-0.1, -0.05) is 56.3 Å². The Morgan fingerprint density at radius 3 is 2.54 bits per heavy atom. The van der Waals surface area contributed by atoms with Crippen molar-refractivity contribution in [3.05, 3.63) is 34.9 Å². The summed E-state index contributed by atoms with van der Waals surface area (Å²) in [7, 11) is 0. The van der Waals surface area contributed by atoms with E-state index in [0.29, 0.717) is 18.0 Å². The molecule has 0 aromatic heterocycles. The number of carbonyl (C=O) groups excluding carboxylic acids is 3. The number of hydrogen-bond acceptors (Lipinski definition) is 3. The molecule has 4 amide bonds. The fourth-order valence-corrected chi connectivity index (χ4v) is 3.09. The van der Waals surface area contributed by atoms with E-state index < -0.39 is 11.6 Å². The zero-order chi connectivity index (χ0) is 19.2. The Balaban J connectivity index is 1.85. The Hall–Kier alpha value is -2.08. The maximum atomic E-state index is 12.6. The number of amides is 4. The van der Waals surface area contributed by atoms with E-state index in [9.17, 15) is 14.4 Å². The molecule has 1 heterocycles. The van der Waals surface area contributed by atoms with Gasteiger partial charge in [0.25, 0.3) is 5.91 Å². The van der Waals surface area contributed by atoms with Crippen molar-refractivity contribution in [2.24, 2.45) is 0 Å². The highest BCUT2D eigenvalue weighted by Crippen LogP contribution is 2.23. The van der Waals surface area contributed by atoms with Crippen LogP contribution in [-0.4, -0.2) is 34.8 Å². The molecule has 1 aliphatic heterocycles.